The maximum absolute atomic E-state index is 7.37. The Kier molecular flexibility index (Phi) is 3.80. The normalized spacial score (nSPS) is 10.2. The van der Waals surface area contributed by atoms with Gasteiger partial charge in [0.05, 0.1) is 0 Å². The quantitative estimate of drug-likeness (QED) is 0.651. The summed E-state index contributed by atoms with van der Waals surface area (Å²) in [7, 11) is 0. The van der Waals surface area contributed by atoms with Crippen molar-refractivity contribution in [3.63, 3.8) is 0 Å². The van der Waals surface area contributed by atoms with E-state index in [1.165, 1.54) is 5.56 Å². The lowest BCUT2D eigenvalue weighted by Crippen LogP contribution is -2.18. The third kappa shape index (κ3) is 2.91. The van der Waals surface area contributed by atoms with Gasteiger partial charge >= 0.3 is 0 Å². The Morgan fingerprint density at radius 2 is 1.89 bits per heavy atom. The number of nitrogen functional groups attached to an aromatic ring is 1. The molecule has 2 aromatic rings. The lowest BCUT2D eigenvalue weighted by Gasteiger charge is -2.22. The van der Waals surface area contributed by atoms with Crippen LogP contribution in [-0.2, 0) is 0 Å². The van der Waals surface area contributed by atoms with Gasteiger partial charge in [0.2, 0.25) is 0 Å². The minimum absolute atomic E-state index is 0.0393. The van der Waals surface area contributed by atoms with Crippen molar-refractivity contribution in [1.29, 1.82) is 5.41 Å². The van der Waals surface area contributed by atoms with Gasteiger partial charge in [-0.25, -0.2) is 4.98 Å². The van der Waals surface area contributed by atoms with Crippen molar-refractivity contribution in [1.82, 2.24) is 4.98 Å². The topological polar surface area (TPSA) is 66.0 Å². The van der Waals surface area contributed by atoms with Crippen LogP contribution in [0.15, 0.2) is 42.6 Å². The standard InChI is InChI=1S/C15H18N4/c1-3-19(13-7-4-11(2)5-8-13)14-9-6-12(10-18-14)15(16)17/h4-10H,3H2,1-2H3,(H3,16,17). The van der Waals surface area contributed by atoms with E-state index >= 15 is 0 Å². The van der Waals surface area contributed by atoms with Crippen LogP contribution in [-0.4, -0.2) is 17.4 Å². The summed E-state index contributed by atoms with van der Waals surface area (Å²) in [6.07, 6.45) is 1.63. The fourth-order valence-corrected chi connectivity index (χ4v) is 1.91. The molecule has 1 aromatic carbocycles. The van der Waals surface area contributed by atoms with Crippen molar-refractivity contribution >= 4 is 17.3 Å². The van der Waals surface area contributed by atoms with E-state index in [2.05, 4.69) is 48.0 Å². The first kappa shape index (κ1) is 13.1. The van der Waals surface area contributed by atoms with Gasteiger partial charge in [0.1, 0.15) is 11.7 Å². The van der Waals surface area contributed by atoms with Crippen molar-refractivity contribution in [3.05, 3.63) is 53.7 Å². The Hall–Kier alpha value is -2.36. The molecule has 0 saturated carbocycles. The molecule has 4 nitrogen and oxygen atoms in total. The highest BCUT2D eigenvalue weighted by molar-refractivity contribution is 5.94. The van der Waals surface area contributed by atoms with E-state index in [0.29, 0.717) is 5.56 Å². The zero-order chi connectivity index (χ0) is 13.8. The lowest BCUT2D eigenvalue weighted by atomic mass is 10.2. The second kappa shape index (κ2) is 5.52. The van der Waals surface area contributed by atoms with E-state index in [4.69, 9.17) is 11.1 Å². The number of aryl methyl sites for hydroxylation is 1. The Morgan fingerprint density at radius 1 is 1.21 bits per heavy atom. The van der Waals surface area contributed by atoms with Crippen LogP contribution in [0.25, 0.3) is 0 Å². The van der Waals surface area contributed by atoms with Gasteiger partial charge in [0.25, 0.3) is 0 Å². The van der Waals surface area contributed by atoms with Crippen molar-refractivity contribution < 1.29 is 0 Å². The van der Waals surface area contributed by atoms with Gasteiger partial charge in [-0.2, -0.15) is 0 Å². The molecule has 1 aromatic heterocycles. The second-order valence-corrected chi connectivity index (χ2v) is 4.40. The number of hydrogen-bond donors (Lipinski definition) is 2. The Morgan fingerprint density at radius 3 is 2.37 bits per heavy atom. The number of rotatable bonds is 4. The summed E-state index contributed by atoms with van der Waals surface area (Å²) in [6, 6.07) is 12.0. The molecule has 0 aliphatic heterocycles. The number of benzene rings is 1. The number of pyridine rings is 1. The molecule has 0 amide bonds. The molecule has 1 heterocycles. The highest BCUT2D eigenvalue weighted by Gasteiger charge is 2.08. The third-order valence-corrected chi connectivity index (χ3v) is 3.00. The van der Waals surface area contributed by atoms with Crippen LogP contribution in [0.3, 0.4) is 0 Å². The number of hydrogen-bond acceptors (Lipinski definition) is 3. The van der Waals surface area contributed by atoms with Crippen LogP contribution in [0.5, 0.6) is 0 Å². The molecule has 0 atom stereocenters. The molecular formula is C15H18N4. The van der Waals surface area contributed by atoms with E-state index < -0.39 is 0 Å². The highest BCUT2D eigenvalue weighted by Crippen LogP contribution is 2.23. The molecule has 0 radical (unpaired) electrons. The molecule has 0 spiro atoms. The lowest BCUT2D eigenvalue weighted by molar-refractivity contribution is 0.988. The van der Waals surface area contributed by atoms with E-state index in [9.17, 15) is 0 Å². The summed E-state index contributed by atoms with van der Waals surface area (Å²) in [5, 5.41) is 7.37. The first-order valence-electron chi connectivity index (χ1n) is 6.26. The molecule has 0 unspecified atom stereocenters. The molecule has 98 valence electrons. The summed E-state index contributed by atoms with van der Waals surface area (Å²) >= 11 is 0. The van der Waals surface area contributed by atoms with E-state index in [1.54, 1.807) is 6.20 Å². The first-order valence-corrected chi connectivity index (χ1v) is 6.26. The highest BCUT2D eigenvalue weighted by atomic mass is 15.2. The first-order chi connectivity index (χ1) is 9.11. The molecule has 0 aliphatic carbocycles. The molecule has 0 aliphatic rings. The number of amidine groups is 1. The van der Waals surface area contributed by atoms with Crippen LogP contribution >= 0.6 is 0 Å². The zero-order valence-electron chi connectivity index (χ0n) is 11.2. The summed E-state index contributed by atoms with van der Waals surface area (Å²) in [5.41, 5.74) is 8.42. The van der Waals surface area contributed by atoms with Gasteiger partial charge in [-0.15, -0.1) is 0 Å². The van der Waals surface area contributed by atoms with Crippen molar-refractivity contribution in [2.75, 3.05) is 11.4 Å². The van der Waals surface area contributed by atoms with Gasteiger partial charge in [0.15, 0.2) is 0 Å². The summed E-state index contributed by atoms with van der Waals surface area (Å²) in [5.74, 6) is 0.897. The third-order valence-electron chi connectivity index (χ3n) is 3.00. The van der Waals surface area contributed by atoms with Crippen LogP contribution < -0.4 is 10.6 Å². The van der Waals surface area contributed by atoms with Gasteiger partial charge in [-0.3, -0.25) is 5.41 Å². The minimum Gasteiger partial charge on any atom is -0.384 e. The Labute approximate surface area is 113 Å². The monoisotopic (exact) mass is 254 g/mol. The van der Waals surface area contributed by atoms with Gasteiger partial charge in [-0.05, 0) is 38.1 Å². The van der Waals surface area contributed by atoms with E-state index in [-0.39, 0.29) is 5.84 Å². The molecule has 19 heavy (non-hydrogen) atoms. The van der Waals surface area contributed by atoms with E-state index in [0.717, 1.165) is 18.1 Å². The van der Waals surface area contributed by atoms with Gasteiger partial charge in [0, 0.05) is 24.0 Å². The van der Waals surface area contributed by atoms with Crippen LogP contribution in [0, 0.1) is 12.3 Å². The van der Waals surface area contributed by atoms with Crippen molar-refractivity contribution in [2.45, 2.75) is 13.8 Å². The second-order valence-electron chi connectivity index (χ2n) is 4.40. The van der Waals surface area contributed by atoms with E-state index in [1.807, 2.05) is 12.1 Å². The van der Waals surface area contributed by atoms with Crippen LogP contribution in [0.2, 0.25) is 0 Å². The molecule has 0 saturated heterocycles. The fourth-order valence-electron chi connectivity index (χ4n) is 1.91. The predicted molar refractivity (Wildman–Crippen MR) is 79.1 cm³/mol. The number of nitrogens with two attached hydrogens (primary N) is 1. The molecule has 4 heteroatoms. The molecule has 0 bridgehead atoms. The molecule has 0 fully saturated rings. The summed E-state index contributed by atoms with van der Waals surface area (Å²) < 4.78 is 0. The average molecular weight is 254 g/mol. The zero-order valence-corrected chi connectivity index (χ0v) is 11.2. The maximum Gasteiger partial charge on any atom is 0.132 e. The smallest absolute Gasteiger partial charge is 0.132 e. The number of nitrogens with zero attached hydrogens (tertiary/aromatic N) is 2. The minimum atomic E-state index is 0.0393. The molecule has 2 rings (SSSR count). The van der Waals surface area contributed by atoms with Crippen LogP contribution in [0.1, 0.15) is 18.1 Å². The predicted octanol–water partition coefficient (Wildman–Crippen LogP) is 2.83. The SMILES string of the molecule is CCN(c1ccc(C)cc1)c1ccc(C(=N)N)cn1. The number of aromatic nitrogens is 1. The fraction of sp³-hybridized carbons (Fsp3) is 0.200. The number of anilines is 2. The Balaban J connectivity index is 2.31. The molecular weight excluding hydrogens is 236 g/mol. The Bertz CT molecular complexity index is 558. The van der Waals surface area contributed by atoms with Gasteiger partial charge < -0.3 is 10.6 Å². The van der Waals surface area contributed by atoms with Crippen molar-refractivity contribution in [2.24, 2.45) is 5.73 Å². The largest absolute Gasteiger partial charge is 0.384 e. The van der Waals surface area contributed by atoms with Gasteiger partial charge in [-0.1, -0.05) is 17.7 Å². The number of nitrogens with one attached hydrogen (secondary N) is 1. The van der Waals surface area contributed by atoms with Crippen molar-refractivity contribution in [3.8, 4) is 0 Å². The van der Waals surface area contributed by atoms with Crippen LogP contribution in [0.4, 0.5) is 11.5 Å². The average Bonchev–Trinajstić information content (AvgIpc) is 2.42. The summed E-state index contributed by atoms with van der Waals surface area (Å²) in [6.45, 7) is 4.98. The summed E-state index contributed by atoms with van der Waals surface area (Å²) in [4.78, 5) is 6.49. The molecule has 3 N–H and O–H groups in total. The maximum atomic E-state index is 7.37.